The van der Waals surface area contributed by atoms with E-state index in [-0.39, 0.29) is 25.7 Å². The normalized spacial score (nSPS) is 14.3. The van der Waals surface area contributed by atoms with Crippen LogP contribution in [0, 0.1) is 23.7 Å². The molecule has 3 N–H and O–H groups in total. The van der Waals surface area contributed by atoms with Crippen LogP contribution in [0.15, 0.2) is 0 Å². The molecule has 0 aliphatic carbocycles. The molecule has 3 unspecified atom stereocenters. The highest BCUT2D eigenvalue weighted by molar-refractivity contribution is 7.47. The van der Waals surface area contributed by atoms with E-state index < -0.39 is 97.5 Å². The van der Waals surface area contributed by atoms with Crippen molar-refractivity contribution in [1.29, 1.82) is 0 Å². The number of hydrogen-bond donors (Lipinski definition) is 3. The minimum atomic E-state index is -4.95. The lowest BCUT2D eigenvalue weighted by molar-refractivity contribution is -0.161. The molecule has 0 amide bonds. The van der Waals surface area contributed by atoms with Crippen molar-refractivity contribution in [2.24, 2.45) is 23.7 Å². The summed E-state index contributed by atoms with van der Waals surface area (Å²) in [6, 6.07) is 0. The lowest BCUT2D eigenvalue weighted by Crippen LogP contribution is -2.30. The highest BCUT2D eigenvalue weighted by Crippen LogP contribution is 2.45. The highest BCUT2D eigenvalue weighted by atomic mass is 31.2. The van der Waals surface area contributed by atoms with Gasteiger partial charge in [-0.15, -0.1) is 0 Å². The van der Waals surface area contributed by atoms with Gasteiger partial charge in [-0.2, -0.15) is 0 Å². The van der Waals surface area contributed by atoms with Crippen molar-refractivity contribution in [2.75, 3.05) is 39.6 Å². The Labute approximate surface area is 537 Å². The Kier molecular flexibility index (Phi) is 57.6. The summed E-state index contributed by atoms with van der Waals surface area (Å²) in [6.07, 6.45) is 40.7. The summed E-state index contributed by atoms with van der Waals surface area (Å²) in [7, 11) is -9.90. The van der Waals surface area contributed by atoms with Crippen LogP contribution < -0.4 is 0 Å². The van der Waals surface area contributed by atoms with E-state index in [9.17, 15) is 43.2 Å². The average Bonchev–Trinajstić information content (AvgIpc) is 3.33. The van der Waals surface area contributed by atoms with Crippen LogP contribution in [-0.2, 0) is 65.4 Å². The van der Waals surface area contributed by atoms with Crippen LogP contribution in [0.5, 0.6) is 0 Å². The number of aliphatic hydroxyl groups excluding tert-OH is 1. The predicted octanol–water partition coefficient (Wildman–Crippen LogP) is 19.3. The number of hydrogen-bond acceptors (Lipinski definition) is 15. The van der Waals surface area contributed by atoms with Crippen molar-refractivity contribution in [3.63, 3.8) is 0 Å². The van der Waals surface area contributed by atoms with Crippen LogP contribution in [0.3, 0.4) is 0 Å². The molecule has 522 valence electrons. The molecule has 0 fully saturated rings. The molecule has 0 spiro atoms. The smallest absolute Gasteiger partial charge is 0.462 e. The van der Waals surface area contributed by atoms with Crippen LogP contribution in [0.2, 0.25) is 0 Å². The number of phosphoric acid groups is 2. The molecule has 0 saturated heterocycles. The summed E-state index contributed by atoms with van der Waals surface area (Å²) in [6.45, 7) is 14.0. The second-order valence-electron chi connectivity index (χ2n) is 26.8. The van der Waals surface area contributed by atoms with Gasteiger partial charge in [-0.3, -0.25) is 37.3 Å². The largest absolute Gasteiger partial charge is 0.472 e. The number of carbonyl (C=O) groups excluding carboxylic acids is 4. The maximum Gasteiger partial charge on any atom is 0.472 e. The first-order chi connectivity index (χ1) is 42.1. The molecule has 5 atom stereocenters. The van der Waals surface area contributed by atoms with Gasteiger partial charge in [-0.25, -0.2) is 9.13 Å². The van der Waals surface area contributed by atoms with Crippen molar-refractivity contribution < 1.29 is 80.2 Å². The molecule has 0 saturated carbocycles. The zero-order valence-electron chi connectivity index (χ0n) is 57.3. The van der Waals surface area contributed by atoms with Gasteiger partial charge in [-0.1, -0.05) is 287 Å². The summed E-state index contributed by atoms with van der Waals surface area (Å²) in [4.78, 5) is 72.4. The molecule has 0 rings (SSSR count). The molecule has 0 bridgehead atoms. The van der Waals surface area contributed by atoms with Crippen molar-refractivity contribution in [2.45, 2.75) is 356 Å². The van der Waals surface area contributed by atoms with E-state index in [1.807, 2.05) is 0 Å². The number of rotatable bonds is 66. The lowest BCUT2D eigenvalue weighted by Gasteiger charge is -2.21. The van der Waals surface area contributed by atoms with Gasteiger partial charge in [0, 0.05) is 25.7 Å². The Balaban J connectivity index is 5.19. The van der Waals surface area contributed by atoms with Gasteiger partial charge in [0.15, 0.2) is 12.2 Å². The van der Waals surface area contributed by atoms with Crippen LogP contribution in [0.25, 0.3) is 0 Å². The fourth-order valence-electron chi connectivity index (χ4n) is 10.3. The summed E-state index contributed by atoms with van der Waals surface area (Å²) in [5.41, 5.74) is 0. The Morgan fingerprint density at radius 3 is 0.705 bits per heavy atom. The Hall–Kier alpha value is -1.94. The number of unbranched alkanes of at least 4 members (excludes halogenated alkanes) is 32. The van der Waals surface area contributed by atoms with Crippen molar-refractivity contribution in [1.82, 2.24) is 0 Å². The standard InChI is InChI=1S/C69H134O17P2/c1-59(2)45-37-29-21-17-14-12-10-9-11-13-15-19-23-35-43-51-68(73)85-64(55-79-66(71)49-41-33-27-25-31-39-47-61(5)6)57-83-87(75,76)81-53-63(70)54-82-88(77,78)84-58-65(56-80-67(72)50-42-34-28-26-32-40-48-62(7)8)86-69(74)52-44-36-24-20-16-18-22-30-38-46-60(3)4/h59-65,70H,9-58H2,1-8H3,(H,75,76)(H,77,78)/t63?,64-,65-/m1/s1. The molecule has 0 aliphatic heterocycles. The van der Waals surface area contributed by atoms with Crippen molar-refractivity contribution >= 4 is 39.5 Å². The van der Waals surface area contributed by atoms with Gasteiger partial charge < -0.3 is 33.8 Å². The van der Waals surface area contributed by atoms with E-state index in [1.165, 1.54) is 128 Å². The number of phosphoric ester groups is 2. The molecule has 0 radical (unpaired) electrons. The van der Waals surface area contributed by atoms with Crippen LogP contribution in [0.1, 0.15) is 338 Å². The van der Waals surface area contributed by atoms with Crippen molar-refractivity contribution in [3.8, 4) is 0 Å². The topological polar surface area (TPSA) is 237 Å². The van der Waals surface area contributed by atoms with E-state index in [2.05, 4.69) is 55.4 Å². The highest BCUT2D eigenvalue weighted by Gasteiger charge is 2.30. The maximum absolute atomic E-state index is 13.0. The van der Waals surface area contributed by atoms with Gasteiger partial charge in [0.05, 0.1) is 26.4 Å². The monoisotopic (exact) mass is 1300 g/mol. The first kappa shape index (κ1) is 86.1. The first-order valence-electron chi connectivity index (χ1n) is 35.7. The quantitative estimate of drug-likeness (QED) is 0.0222. The van der Waals surface area contributed by atoms with E-state index >= 15 is 0 Å². The SMILES string of the molecule is CC(C)CCCCCCCCCCCCCCCCCC(=O)O[C@H](COC(=O)CCCCCCCCC(C)C)COP(=O)(O)OCC(O)COP(=O)(O)OC[C@@H](COC(=O)CCCCCCCCC(C)C)OC(=O)CCCCCCCCCCCC(C)C. The van der Waals surface area contributed by atoms with Gasteiger partial charge >= 0.3 is 39.5 Å². The molecule has 0 aliphatic rings. The first-order valence-corrected chi connectivity index (χ1v) is 38.7. The second kappa shape index (κ2) is 58.8. The third-order valence-electron chi connectivity index (χ3n) is 15.8. The fraction of sp³-hybridized carbons (Fsp3) is 0.942. The number of ether oxygens (including phenoxy) is 4. The van der Waals surface area contributed by atoms with Gasteiger partial charge in [0.1, 0.15) is 19.3 Å². The minimum absolute atomic E-state index is 0.104. The van der Waals surface area contributed by atoms with Crippen LogP contribution in [0.4, 0.5) is 0 Å². The summed E-state index contributed by atoms with van der Waals surface area (Å²) in [5.74, 6) is 0.763. The Morgan fingerprint density at radius 1 is 0.284 bits per heavy atom. The fourth-order valence-corrected chi connectivity index (χ4v) is 11.9. The Bertz CT molecular complexity index is 1750. The molecular weight excluding hydrogens is 1160 g/mol. The van der Waals surface area contributed by atoms with Gasteiger partial charge in [-0.05, 0) is 49.4 Å². The molecule has 17 nitrogen and oxygen atoms in total. The predicted molar refractivity (Wildman–Crippen MR) is 354 cm³/mol. The molecule has 19 heteroatoms. The summed E-state index contributed by atoms with van der Waals surface area (Å²) in [5, 5.41) is 10.6. The third kappa shape index (κ3) is 62.8. The lowest BCUT2D eigenvalue weighted by atomic mass is 10.0. The van der Waals surface area contributed by atoms with Crippen molar-refractivity contribution in [3.05, 3.63) is 0 Å². The Morgan fingerprint density at radius 2 is 0.477 bits per heavy atom. The molecule has 0 aromatic rings. The van der Waals surface area contributed by atoms with Gasteiger partial charge in [0.2, 0.25) is 0 Å². The maximum atomic E-state index is 13.0. The zero-order valence-corrected chi connectivity index (χ0v) is 59.1. The molecule has 0 heterocycles. The molecule has 0 aromatic heterocycles. The minimum Gasteiger partial charge on any atom is -0.462 e. The summed E-state index contributed by atoms with van der Waals surface area (Å²) >= 11 is 0. The van der Waals surface area contributed by atoms with E-state index in [4.69, 9.17) is 37.0 Å². The van der Waals surface area contributed by atoms with Crippen LogP contribution in [-0.4, -0.2) is 96.7 Å². The van der Waals surface area contributed by atoms with Gasteiger partial charge in [0.25, 0.3) is 0 Å². The second-order valence-corrected chi connectivity index (χ2v) is 29.7. The number of aliphatic hydroxyl groups is 1. The van der Waals surface area contributed by atoms with E-state index in [1.54, 1.807) is 0 Å². The van der Waals surface area contributed by atoms with E-state index in [0.717, 1.165) is 115 Å². The average molecular weight is 1300 g/mol. The molecular formula is C69H134O17P2. The molecule has 88 heavy (non-hydrogen) atoms. The van der Waals surface area contributed by atoms with E-state index in [0.29, 0.717) is 37.5 Å². The zero-order chi connectivity index (χ0) is 65.4. The number of esters is 4. The summed E-state index contributed by atoms with van der Waals surface area (Å²) < 4.78 is 68.1. The number of carbonyl (C=O) groups is 4. The van der Waals surface area contributed by atoms with Crippen LogP contribution >= 0.6 is 15.6 Å². The molecule has 0 aromatic carbocycles. The third-order valence-corrected chi connectivity index (χ3v) is 17.7.